The summed E-state index contributed by atoms with van der Waals surface area (Å²) in [5.41, 5.74) is 3.08. The lowest BCUT2D eigenvalue weighted by Gasteiger charge is -2.35. The van der Waals surface area contributed by atoms with Crippen molar-refractivity contribution in [2.75, 3.05) is 13.1 Å². The van der Waals surface area contributed by atoms with Gasteiger partial charge >= 0.3 is 0 Å². The fourth-order valence-electron chi connectivity index (χ4n) is 4.65. The number of likely N-dealkylation sites (tertiary alicyclic amines) is 1. The summed E-state index contributed by atoms with van der Waals surface area (Å²) in [6.45, 7) is 2.10. The van der Waals surface area contributed by atoms with Crippen LogP contribution in [0.4, 0.5) is 5.69 Å². The van der Waals surface area contributed by atoms with Crippen LogP contribution in [-0.2, 0) is 6.42 Å². The lowest BCUT2D eigenvalue weighted by molar-refractivity contribution is 0.0994. The van der Waals surface area contributed by atoms with Crippen molar-refractivity contribution in [2.45, 2.75) is 57.8 Å². The topological polar surface area (TPSA) is 32.7 Å². The molecule has 152 valence electrons. The summed E-state index contributed by atoms with van der Waals surface area (Å²) in [4.78, 5) is 19.6. The average Bonchev–Trinajstić information content (AvgIpc) is 2.77. The summed E-state index contributed by atoms with van der Waals surface area (Å²) in [5.74, 6) is 2.03. The Hall–Kier alpha value is -2.42. The van der Waals surface area contributed by atoms with E-state index in [1.54, 1.807) is 0 Å². The number of unbranched alkanes of at least 4 members (excludes halogenated alkanes) is 3. The van der Waals surface area contributed by atoms with Gasteiger partial charge in [-0.05, 0) is 49.3 Å². The maximum atomic E-state index is 12.4. The zero-order chi connectivity index (χ0) is 19.9. The molecule has 3 nitrogen and oxygen atoms in total. The molecule has 2 aromatic rings. The van der Waals surface area contributed by atoms with E-state index in [1.165, 1.54) is 56.9 Å². The van der Waals surface area contributed by atoms with Gasteiger partial charge in [0, 0.05) is 18.7 Å². The van der Waals surface area contributed by atoms with E-state index in [4.69, 9.17) is 4.99 Å². The SMILES string of the molecule is O=C1CC(N2CCC(CCCCCCc3ccccc3)CC2)=Nc2ccccc21. The van der Waals surface area contributed by atoms with Crippen LogP contribution in [0.2, 0.25) is 0 Å². The summed E-state index contributed by atoms with van der Waals surface area (Å²) >= 11 is 0. The Morgan fingerprint density at radius 1 is 0.862 bits per heavy atom. The summed E-state index contributed by atoms with van der Waals surface area (Å²) in [7, 11) is 0. The minimum Gasteiger partial charge on any atom is -0.360 e. The van der Waals surface area contributed by atoms with Gasteiger partial charge in [-0.15, -0.1) is 0 Å². The Morgan fingerprint density at radius 2 is 1.59 bits per heavy atom. The Bertz CT molecular complexity index is 835. The highest BCUT2D eigenvalue weighted by molar-refractivity contribution is 6.15. The number of ketones is 1. The Labute approximate surface area is 174 Å². The van der Waals surface area contributed by atoms with Gasteiger partial charge < -0.3 is 4.90 Å². The molecular weight excluding hydrogens is 356 g/mol. The van der Waals surface area contributed by atoms with E-state index in [0.717, 1.165) is 36.1 Å². The Kier molecular flexibility index (Phi) is 6.76. The molecule has 2 aliphatic rings. The number of carbonyl (C=O) groups is 1. The van der Waals surface area contributed by atoms with Crippen LogP contribution in [0.3, 0.4) is 0 Å². The molecule has 0 bridgehead atoms. The third-order valence-corrected chi connectivity index (χ3v) is 6.42. The Balaban J connectivity index is 1.15. The molecule has 0 aliphatic carbocycles. The van der Waals surface area contributed by atoms with Crippen LogP contribution >= 0.6 is 0 Å². The molecule has 0 aromatic heterocycles. The summed E-state index contributed by atoms with van der Waals surface area (Å²) in [6, 6.07) is 18.6. The molecule has 4 rings (SSSR count). The van der Waals surface area contributed by atoms with E-state index in [0.29, 0.717) is 6.42 Å². The van der Waals surface area contributed by atoms with E-state index in [-0.39, 0.29) is 5.78 Å². The smallest absolute Gasteiger partial charge is 0.172 e. The van der Waals surface area contributed by atoms with Crippen molar-refractivity contribution in [3.63, 3.8) is 0 Å². The third kappa shape index (κ3) is 5.35. The molecule has 0 radical (unpaired) electrons. The molecule has 2 aromatic carbocycles. The maximum absolute atomic E-state index is 12.4. The van der Waals surface area contributed by atoms with E-state index in [9.17, 15) is 4.79 Å². The summed E-state index contributed by atoms with van der Waals surface area (Å²) in [5, 5.41) is 0. The number of nitrogens with zero attached hydrogens (tertiary/aromatic N) is 2. The molecule has 0 amide bonds. The van der Waals surface area contributed by atoms with Gasteiger partial charge in [0.05, 0.1) is 12.1 Å². The number of rotatable bonds is 7. The van der Waals surface area contributed by atoms with Gasteiger partial charge in [-0.3, -0.25) is 4.79 Å². The molecular formula is C26H32N2O. The van der Waals surface area contributed by atoms with Gasteiger partial charge in [-0.1, -0.05) is 68.1 Å². The summed E-state index contributed by atoms with van der Waals surface area (Å²) < 4.78 is 0. The molecule has 1 saturated heterocycles. The monoisotopic (exact) mass is 388 g/mol. The van der Waals surface area contributed by atoms with Gasteiger partial charge in [0.15, 0.2) is 5.78 Å². The first-order valence-corrected chi connectivity index (χ1v) is 11.3. The predicted molar refractivity (Wildman–Crippen MR) is 120 cm³/mol. The largest absolute Gasteiger partial charge is 0.360 e. The number of hydrogen-bond acceptors (Lipinski definition) is 3. The lowest BCUT2D eigenvalue weighted by Crippen LogP contribution is -2.40. The number of benzene rings is 2. The molecule has 0 atom stereocenters. The van der Waals surface area contributed by atoms with Gasteiger partial charge in [0.2, 0.25) is 0 Å². The molecule has 29 heavy (non-hydrogen) atoms. The number of fused-ring (bicyclic) bond motifs is 1. The van der Waals surface area contributed by atoms with Crippen molar-refractivity contribution in [1.82, 2.24) is 4.90 Å². The zero-order valence-electron chi connectivity index (χ0n) is 17.4. The fraction of sp³-hybridized carbons (Fsp3) is 0.462. The number of aryl methyl sites for hydroxylation is 1. The molecule has 0 spiro atoms. The first kappa shape index (κ1) is 19.9. The number of aliphatic imine (C=N–C) groups is 1. The van der Waals surface area contributed by atoms with Gasteiger partial charge in [-0.2, -0.15) is 0 Å². The quantitative estimate of drug-likeness (QED) is 0.528. The van der Waals surface area contributed by atoms with Crippen molar-refractivity contribution >= 4 is 17.3 Å². The third-order valence-electron chi connectivity index (χ3n) is 6.42. The number of Topliss-reactive ketones (excluding diaryl/α,β-unsaturated/α-hetero) is 1. The van der Waals surface area contributed by atoms with Crippen molar-refractivity contribution in [3.8, 4) is 0 Å². The summed E-state index contributed by atoms with van der Waals surface area (Å²) in [6.07, 6.45) is 10.8. The minimum absolute atomic E-state index is 0.211. The van der Waals surface area contributed by atoms with Crippen LogP contribution in [0.25, 0.3) is 0 Å². The molecule has 0 unspecified atom stereocenters. The zero-order valence-corrected chi connectivity index (χ0v) is 17.4. The number of carbonyl (C=O) groups excluding carboxylic acids is 1. The number of piperidine rings is 1. The molecule has 1 fully saturated rings. The van der Waals surface area contributed by atoms with E-state index < -0.39 is 0 Å². The molecule has 3 heteroatoms. The standard InChI is InChI=1S/C26H32N2O/c29-25-20-26(27-24-15-9-8-14-23(24)25)28-18-16-22(17-19-28)13-5-2-1-4-10-21-11-6-3-7-12-21/h3,6-9,11-12,14-15,22H,1-2,4-5,10,13,16-20H2. The second-order valence-electron chi connectivity index (χ2n) is 8.51. The first-order chi connectivity index (χ1) is 14.3. The number of amidine groups is 1. The van der Waals surface area contributed by atoms with Crippen LogP contribution in [-0.4, -0.2) is 29.6 Å². The molecule has 0 saturated carbocycles. The maximum Gasteiger partial charge on any atom is 0.172 e. The van der Waals surface area contributed by atoms with Crippen molar-refractivity contribution in [3.05, 3.63) is 65.7 Å². The highest BCUT2D eigenvalue weighted by Gasteiger charge is 2.26. The fourth-order valence-corrected chi connectivity index (χ4v) is 4.65. The lowest BCUT2D eigenvalue weighted by atomic mass is 9.90. The number of para-hydroxylation sites is 1. The van der Waals surface area contributed by atoms with Crippen LogP contribution < -0.4 is 0 Å². The molecule has 0 N–H and O–H groups in total. The van der Waals surface area contributed by atoms with Crippen LogP contribution in [0, 0.1) is 5.92 Å². The van der Waals surface area contributed by atoms with Gasteiger partial charge in [0.25, 0.3) is 0 Å². The molecule has 2 aliphatic heterocycles. The highest BCUT2D eigenvalue weighted by atomic mass is 16.1. The second-order valence-corrected chi connectivity index (χ2v) is 8.51. The normalized spacial score (nSPS) is 17.2. The number of hydrogen-bond donors (Lipinski definition) is 0. The molecule has 2 heterocycles. The van der Waals surface area contributed by atoms with Crippen molar-refractivity contribution < 1.29 is 4.79 Å². The highest BCUT2D eigenvalue weighted by Crippen LogP contribution is 2.29. The second kappa shape index (κ2) is 9.87. The first-order valence-electron chi connectivity index (χ1n) is 11.3. The van der Waals surface area contributed by atoms with Crippen LogP contribution in [0.1, 0.15) is 67.3 Å². The average molecular weight is 389 g/mol. The van der Waals surface area contributed by atoms with Crippen molar-refractivity contribution in [2.24, 2.45) is 10.9 Å². The van der Waals surface area contributed by atoms with E-state index in [2.05, 4.69) is 35.2 Å². The minimum atomic E-state index is 0.211. The van der Waals surface area contributed by atoms with Gasteiger partial charge in [0.1, 0.15) is 5.84 Å². The predicted octanol–water partition coefficient (Wildman–Crippen LogP) is 6.21. The van der Waals surface area contributed by atoms with E-state index in [1.807, 2.05) is 24.3 Å². The van der Waals surface area contributed by atoms with Crippen molar-refractivity contribution in [1.29, 1.82) is 0 Å². The van der Waals surface area contributed by atoms with Gasteiger partial charge in [-0.25, -0.2) is 4.99 Å². The Morgan fingerprint density at radius 3 is 2.41 bits per heavy atom. The van der Waals surface area contributed by atoms with Crippen LogP contribution in [0.15, 0.2) is 59.6 Å². The van der Waals surface area contributed by atoms with E-state index >= 15 is 0 Å². The van der Waals surface area contributed by atoms with Crippen LogP contribution in [0.5, 0.6) is 0 Å².